The third-order valence-electron chi connectivity index (χ3n) is 4.97. The Kier molecular flexibility index (Phi) is 4.71. The molecule has 27 heavy (non-hydrogen) atoms. The van der Waals surface area contributed by atoms with E-state index in [9.17, 15) is 9.59 Å². The predicted molar refractivity (Wildman–Crippen MR) is 99.2 cm³/mol. The second-order valence-corrected chi connectivity index (χ2v) is 6.67. The van der Waals surface area contributed by atoms with Gasteiger partial charge in [0.25, 0.3) is 5.91 Å². The number of anilines is 1. The summed E-state index contributed by atoms with van der Waals surface area (Å²) in [7, 11) is 1.30. The number of hydrogen-bond acceptors (Lipinski definition) is 5. The Morgan fingerprint density at radius 2 is 1.96 bits per heavy atom. The van der Waals surface area contributed by atoms with Crippen molar-refractivity contribution in [2.45, 2.75) is 25.4 Å². The molecule has 0 spiro atoms. The maximum atomic E-state index is 12.8. The van der Waals surface area contributed by atoms with E-state index in [1.807, 2.05) is 18.2 Å². The summed E-state index contributed by atoms with van der Waals surface area (Å²) in [5, 5.41) is 0. The first-order chi connectivity index (χ1) is 13.2. The highest BCUT2D eigenvalue weighted by atomic mass is 16.6. The van der Waals surface area contributed by atoms with Gasteiger partial charge in [0, 0.05) is 0 Å². The molecule has 1 aliphatic carbocycles. The van der Waals surface area contributed by atoms with Crippen LogP contribution in [-0.2, 0) is 27.2 Å². The fourth-order valence-corrected chi connectivity index (χ4v) is 3.59. The van der Waals surface area contributed by atoms with Gasteiger partial charge in [-0.25, -0.2) is 4.79 Å². The third-order valence-corrected chi connectivity index (χ3v) is 4.97. The topological polar surface area (TPSA) is 65.1 Å². The first kappa shape index (κ1) is 17.4. The van der Waals surface area contributed by atoms with Crippen molar-refractivity contribution in [3.63, 3.8) is 0 Å². The molecule has 1 atom stereocenters. The molecular formula is C21H21NO5. The van der Waals surface area contributed by atoms with E-state index < -0.39 is 12.1 Å². The zero-order chi connectivity index (χ0) is 18.8. The monoisotopic (exact) mass is 367 g/mol. The Labute approximate surface area is 157 Å². The Morgan fingerprint density at radius 3 is 2.81 bits per heavy atom. The number of methoxy groups -OCH3 is 1. The fraction of sp³-hybridized carbons (Fsp3) is 0.333. The van der Waals surface area contributed by atoms with E-state index in [4.69, 9.17) is 14.2 Å². The molecule has 4 rings (SSSR count). The molecule has 1 amide bonds. The van der Waals surface area contributed by atoms with Crippen molar-refractivity contribution >= 4 is 17.6 Å². The molecule has 0 saturated carbocycles. The van der Waals surface area contributed by atoms with E-state index in [0.717, 1.165) is 19.3 Å². The fourth-order valence-electron chi connectivity index (χ4n) is 3.59. The summed E-state index contributed by atoms with van der Waals surface area (Å²) in [6, 6.07) is 13.1. The molecule has 0 aromatic heterocycles. The number of nitrogens with zero attached hydrogens (tertiary/aromatic N) is 1. The number of rotatable bonds is 4. The maximum Gasteiger partial charge on any atom is 0.348 e. The summed E-state index contributed by atoms with van der Waals surface area (Å²) >= 11 is 0. The van der Waals surface area contributed by atoms with Crippen LogP contribution in [-0.4, -0.2) is 38.2 Å². The van der Waals surface area contributed by atoms with E-state index in [1.165, 1.54) is 23.1 Å². The van der Waals surface area contributed by atoms with E-state index in [1.54, 1.807) is 18.2 Å². The van der Waals surface area contributed by atoms with Crippen LogP contribution in [0.1, 0.15) is 17.5 Å². The molecule has 0 fully saturated rings. The van der Waals surface area contributed by atoms with Crippen LogP contribution >= 0.6 is 0 Å². The van der Waals surface area contributed by atoms with Crippen LogP contribution in [0.3, 0.4) is 0 Å². The van der Waals surface area contributed by atoms with Gasteiger partial charge in [0.15, 0.2) is 6.61 Å². The highest BCUT2D eigenvalue weighted by Crippen LogP contribution is 2.33. The van der Waals surface area contributed by atoms with Crippen molar-refractivity contribution in [3.05, 3.63) is 53.6 Å². The minimum absolute atomic E-state index is 0.0933. The van der Waals surface area contributed by atoms with Gasteiger partial charge >= 0.3 is 5.97 Å². The summed E-state index contributed by atoms with van der Waals surface area (Å²) in [6.45, 7) is -0.0168. The molecule has 0 unspecified atom stereocenters. The van der Waals surface area contributed by atoms with Gasteiger partial charge < -0.3 is 19.1 Å². The number of hydrogen-bond donors (Lipinski definition) is 0. The Bertz CT molecular complexity index is 879. The lowest BCUT2D eigenvalue weighted by molar-refractivity contribution is -0.148. The molecule has 2 aromatic rings. The standard InChI is InChI=1S/C21H21NO5/c1-25-21(24)19-12-22(17-7-2-3-8-18(17)27-19)20(23)13-26-16-10-9-14-5-4-6-15(14)11-16/h2-3,7-11,19H,4-6,12-13H2,1H3/t19-/m0/s1. The Balaban J connectivity index is 1.49. The number of carbonyl (C=O) groups is 2. The normalized spacial score (nSPS) is 17.5. The lowest BCUT2D eigenvalue weighted by atomic mass is 10.1. The van der Waals surface area contributed by atoms with Crippen LogP contribution in [0.4, 0.5) is 5.69 Å². The number of aryl methyl sites for hydroxylation is 2. The molecule has 140 valence electrons. The predicted octanol–water partition coefficient (Wildman–Crippen LogP) is 2.52. The number of carbonyl (C=O) groups excluding carboxylic acids is 2. The molecule has 1 aliphatic heterocycles. The van der Waals surface area contributed by atoms with Crippen molar-refractivity contribution in [1.82, 2.24) is 0 Å². The van der Waals surface area contributed by atoms with Crippen molar-refractivity contribution in [1.29, 1.82) is 0 Å². The molecule has 1 heterocycles. The largest absolute Gasteiger partial charge is 0.484 e. The SMILES string of the molecule is COC(=O)[C@@H]1CN(C(=O)COc2ccc3c(c2)CCC3)c2ccccc2O1. The van der Waals surface area contributed by atoms with Gasteiger partial charge in [-0.2, -0.15) is 0 Å². The van der Waals surface area contributed by atoms with E-state index in [0.29, 0.717) is 17.2 Å². The molecule has 0 radical (unpaired) electrons. The minimum atomic E-state index is -0.853. The average Bonchev–Trinajstić information content (AvgIpc) is 3.18. The lowest BCUT2D eigenvalue weighted by Crippen LogP contribution is -2.48. The molecule has 0 N–H and O–H groups in total. The van der Waals surface area contributed by atoms with E-state index in [-0.39, 0.29) is 19.1 Å². The molecule has 0 saturated heterocycles. The zero-order valence-electron chi connectivity index (χ0n) is 15.1. The summed E-state index contributed by atoms with van der Waals surface area (Å²) in [5.74, 6) is 0.419. The number of fused-ring (bicyclic) bond motifs is 2. The van der Waals surface area contributed by atoms with Crippen LogP contribution in [0.15, 0.2) is 42.5 Å². The van der Waals surface area contributed by atoms with E-state index >= 15 is 0 Å². The molecule has 6 heteroatoms. The second kappa shape index (κ2) is 7.31. The summed E-state index contributed by atoms with van der Waals surface area (Å²) in [6.07, 6.45) is 2.47. The first-order valence-corrected chi connectivity index (χ1v) is 9.04. The molecule has 0 bridgehead atoms. The maximum absolute atomic E-state index is 12.8. The van der Waals surface area contributed by atoms with Gasteiger partial charge in [-0.3, -0.25) is 4.79 Å². The second-order valence-electron chi connectivity index (χ2n) is 6.67. The van der Waals surface area contributed by atoms with Gasteiger partial charge in [-0.1, -0.05) is 18.2 Å². The number of esters is 1. The number of ether oxygens (including phenoxy) is 3. The number of amides is 1. The van der Waals surface area contributed by atoms with Crippen LogP contribution < -0.4 is 14.4 Å². The van der Waals surface area contributed by atoms with E-state index in [2.05, 4.69) is 6.07 Å². The average molecular weight is 367 g/mol. The number of para-hydroxylation sites is 2. The van der Waals surface area contributed by atoms with Crippen LogP contribution in [0.25, 0.3) is 0 Å². The lowest BCUT2D eigenvalue weighted by Gasteiger charge is -2.33. The quantitative estimate of drug-likeness (QED) is 0.777. The minimum Gasteiger partial charge on any atom is -0.484 e. The van der Waals surface area contributed by atoms with Gasteiger partial charge in [-0.05, 0) is 54.7 Å². The summed E-state index contributed by atoms with van der Waals surface area (Å²) in [5.41, 5.74) is 3.28. The number of benzene rings is 2. The van der Waals surface area contributed by atoms with Crippen LogP contribution in [0.2, 0.25) is 0 Å². The first-order valence-electron chi connectivity index (χ1n) is 9.04. The van der Waals surface area contributed by atoms with Crippen molar-refractivity contribution in [2.24, 2.45) is 0 Å². The highest BCUT2D eigenvalue weighted by molar-refractivity contribution is 5.97. The zero-order valence-corrected chi connectivity index (χ0v) is 15.1. The summed E-state index contributed by atoms with van der Waals surface area (Å²) in [4.78, 5) is 26.3. The molecular weight excluding hydrogens is 346 g/mol. The van der Waals surface area contributed by atoms with Gasteiger partial charge in [0.2, 0.25) is 6.10 Å². The summed E-state index contributed by atoms with van der Waals surface area (Å²) < 4.78 is 16.2. The third kappa shape index (κ3) is 3.47. The van der Waals surface area contributed by atoms with Gasteiger partial charge in [0.1, 0.15) is 11.5 Å². The molecule has 2 aliphatic rings. The van der Waals surface area contributed by atoms with Crippen LogP contribution in [0.5, 0.6) is 11.5 Å². The Hall–Kier alpha value is -3.02. The molecule has 6 nitrogen and oxygen atoms in total. The smallest absolute Gasteiger partial charge is 0.348 e. The van der Waals surface area contributed by atoms with Crippen molar-refractivity contribution < 1.29 is 23.8 Å². The van der Waals surface area contributed by atoms with Crippen molar-refractivity contribution in [2.75, 3.05) is 25.2 Å². The molecule has 2 aromatic carbocycles. The van der Waals surface area contributed by atoms with Gasteiger partial charge in [-0.15, -0.1) is 0 Å². The van der Waals surface area contributed by atoms with Gasteiger partial charge in [0.05, 0.1) is 19.3 Å². The van der Waals surface area contributed by atoms with Crippen molar-refractivity contribution in [3.8, 4) is 11.5 Å². The highest BCUT2D eigenvalue weighted by Gasteiger charge is 2.34. The van der Waals surface area contributed by atoms with Crippen LogP contribution in [0, 0.1) is 0 Å². The Morgan fingerprint density at radius 1 is 1.15 bits per heavy atom.